The van der Waals surface area contributed by atoms with Crippen LogP contribution in [-0.4, -0.2) is 22.2 Å². The van der Waals surface area contributed by atoms with Crippen LogP contribution in [0.4, 0.5) is 0 Å². The molecule has 0 saturated heterocycles. The fourth-order valence-corrected chi connectivity index (χ4v) is 2.82. The molecule has 112 valence electrons. The predicted molar refractivity (Wildman–Crippen MR) is 82.3 cm³/mol. The lowest BCUT2D eigenvalue weighted by molar-refractivity contribution is 0.356. The van der Waals surface area contributed by atoms with E-state index in [9.17, 15) is 0 Å². The van der Waals surface area contributed by atoms with Crippen molar-refractivity contribution in [1.82, 2.24) is 15.5 Å². The van der Waals surface area contributed by atoms with E-state index in [1.54, 1.807) is 0 Å². The van der Waals surface area contributed by atoms with E-state index in [-0.39, 0.29) is 5.54 Å². The average molecular weight is 285 g/mol. The van der Waals surface area contributed by atoms with E-state index in [1.165, 1.54) is 11.1 Å². The number of rotatable bonds is 4. The number of aromatic nitrogens is 2. The molecule has 0 spiro atoms. The monoisotopic (exact) mass is 285 g/mol. The minimum Gasteiger partial charge on any atom is -0.339 e. The molecule has 2 aromatic rings. The van der Waals surface area contributed by atoms with Crippen molar-refractivity contribution >= 4 is 0 Å². The van der Waals surface area contributed by atoms with Gasteiger partial charge >= 0.3 is 0 Å². The Morgan fingerprint density at radius 3 is 2.48 bits per heavy atom. The molecule has 4 nitrogen and oxygen atoms in total. The van der Waals surface area contributed by atoms with Crippen LogP contribution in [0.2, 0.25) is 0 Å². The molecular weight excluding hydrogens is 262 g/mol. The normalized spacial score (nSPS) is 15.4. The van der Waals surface area contributed by atoms with E-state index < -0.39 is 0 Å². The van der Waals surface area contributed by atoms with E-state index in [2.05, 4.69) is 60.5 Å². The van der Waals surface area contributed by atoms with Gasteiger partial charge in [-0.2, -0.15) is 4.98 Å². The molecule has 0 aliphatic heterocycles. The highest BCUT2D eigenvalue weighted by atomic mass is 16.5. The third-order valence-electron chi connectivity index (χ3n) is 3.89. The summed E-state index contributed by atoms with van der Waals surface area (Å²) in [5.74, 6) is 1.96. The maximum absolute atomic E-state index is 5.39. The first-order chi connectivity index (χ1) is 10.0. The summed E-state index contributed by atoms with van der Waals surface area (Å²) in [5, 5.41) is 7.62. The first-order valence-corrected chi connectivity index (χ1v) is 7.65. The number of hydrogen-bond donors (Lipinski definition) is 1. The van der Waals surface area contributed by atoms with Gasteiger partial charge in [-0.3, -0.25) is 0 Å². The maximum Gasteiger partial charge on any atom is 0.227 e. The van der Waals surface area contributed by atoms with E-state index in [1.807, 2.05) is 0 Å². The molecule has 0 amide bonds. The molecule has 4 heteroatoms. The minimum absolute atomic E-state index is 0.121. The second-order valence-corrected chi connectivity index (χ2v) is 6.85. The molecular formula is C17H23N3O. The second-order valence-electron chi connectivity index (χ2n) is 6.85. The third kappa shape index (κ3) is 3.50. The van der Waals surface area contributed by atoms with Crippen molar-refractivity contribution < 1.29 is 4.52 Å². The molecule has 1 aromatic heterocycles. The van der Waals surface area contributed by atoms with E-state index in [0.29, 0.717) is 5.92 Å². The Morgan fingerprint density at radius 1 is 1.19 bits per heavy atom. The molecule has 0 saturated carbocycles. The molecule has 0 radical (unpaired) electrons. The lowest BCUT2D eigenvalue weighted by Crippen LogP contribution is -2.37. The topological polar surface area (TPSA) is 51.0 Å². The van der Waals surface area contributed by atoms with Gasteiger partial charge in [0.15, 0.2) is 5.82 Å². The fraction of sp³-hybridized carbons (Fsp3) is 0.529. The average Bonchev–Trinajstić information content (AvgIpc) is 3.02. The lowest BCUT2D eigenvalue weighted by atomic mass is 10.1. The summed E-state index contributed by atoms with van der Waals surface area (Å²) in [7, 11) is 0. The maximum atomic E-state index is 5.39. The Morgan fingerprint density at radius 2 is 1.86 bits per heavy atom. The van der Waals surface area contributed by atoms with Crippen LogP contribution in [0.15, 0.2) is 28.8 Å². The van der Waals surface area contributed by atoms with Crippen molar-refractivity contribution in [3.63, 3.8) is 0 Å². The van der Waals surface area contributed by atoms with Crippen molar-refractivity contribution in [2.75, 3.05) is 6.54 Å². The van der Waals surface area contributed by atoms with E-state index in [4.69, 9.17) is 4.52 Å². The molecule has 0 bridgehead atoms. The fourth-order valence-electron chi connectivity index (χ4n) is 2.82. The van der Waals surface area contributed by atoms with Crippen LogP contribution >= 0.6 is 0 Å². The van der Waals surface area contributed by atoms with Gasteiger partial charge in [0.1, 0.15) is 0 Å². The van der Waals surface area contributed by atoms with Crippen molar-refractivity contribution in [2.45, 2.75) is 51.5 Å². The Hall–Kier alpha value is -1.68. The molecule has 1 heterocycles. The third-order valence-corrected chi connectivity index (χ3v) is 3.89. The van der Waals surface area contributed by atoms with E-state index in [0.717, 1.165) is 37.5 Å². The quantitative estimate of drug-likeness (QED) is 0.938. The second kappa shape index (κ2) is 5.60. The highest BCUT2D eigenvalue weighted by Gasteiger charge is 2.26. The van der Waals surface area contributed by atoms with Crippen molar-refractivity contribution in [2.24, 2.45) is 0 Å². The predicted octanol–water partition coefficient (Wildman–Crippen LogP) is 2.88. The standard InChI is InChI=1S/C17H23N3O/c1-17(2,3)18-9-8-15-19-16(20-21-15)14-10-12-6-4-5-7-13(12)11-14/h4-7,14,18H,8-11H2,1-3H3. The van der Waals surface area contributed by atoms with Gasteiger partial charge in [-0.05, 0) is 44.7 Å². The Balaban J connectivity index is 1.59. The number of fused-ring (bicyclic) bond motifs is 1. The van der Waals surface area contributed by atoms with Crippen LogP contribution in [-0.2, 0) is 19.3 Å². The van der Waals surface area contributed by atoms with Crippen molar-refractivity contribution in [3.8, 4) is 0 Å². The summed E-state index contributed by atoms with van der Waals surface area (Å²) >= 11 is 0. The van der Waals surface area contributed by atoms with Crippen molar-refractivity contribution in [1.29, 1.82) is 0 Å². The summed E-state index contributed by atoms with van der Waals surface area (Å²) in [6.07, 6.45) is 2.83. The van der Waals surface area contributed by atoms with Gasteiger partial charge in [-0.1, -0.05) is 29.4 Å². The minimum atomic E-state index is 0.121. The number of nitrogens with one attached hydrogen (secondary N) is 1. The van der Waals surface area contributed by atoms with Gasteiger partial charge in [0.2, 0.25) is 5.89 Å². The molecule has 1 aliphatic carbocycles. The number of hydrogen-bond acceptors (Lipinski definition) is 4. The summed E-state index contributed by atoms with van der Waals surface area (Å²) < 4.78 is 5.39. The lowest BCUT2D eigenvalue weighted by Gasteiger charge is -2.19. The molecule has 0 fully saturated rings. The SMILES string of the molecule is CC(C)(C)NCCc1nc(C2Cc3ccccc3C2)no1. The Bertz CT molecular complexity index is 587. The zero-order valence-electron chi connectivity index (χ0n) is 13.0. The molecule has 1 aliphatic rings. The largest absolute Gasteiger partial charge is 0.339 e. The molecule has 0 atom stereocenters. The summed E-state index contributed by atoms with van der Waals surface area (Å²) in [5.41, 5.74) is 2.96. The van der Waals surface area contributed by atoms with Gasteiger partial charge in [-0.15, -0.1) is 0 Å². The smallest absolute Gasteiger partial charge is 0.227 e. The highest BCUT2D eigenvalue weighted by Crippen LogP contribution is 2.32. The van der Waals surface area contributed by atoms with Crippen LogP contribution in [0, 0.1) is 0 Å². The molecule has 1 N–H and O–H groups in total. The van der Waals surface area contributed by atoms with Gasteiger partial charge < -0.3 is 9.84 Å². The molecule has 1 aromatic carbocycles. The first-order valence-electron chi connectivity index (χ1n) is 7.65. The number of benzene rings is 1. The van der Waals surface area contributed by atoms with Crippen LogP contribution < -0.4 is 5.32 Å². The molecule has 0 unspecified atom stereocenters. The summed E-state index contributed by atoms with van der Waals surface area (Å²) in [4.78, 5) is 4.58. The molecule has 21 heavy (non-hydrogen) atoms. The van der Waals surface area contributed by atoms with Crippen molar-refractivity contribution in [3.05, 3.63) is 47.1 Å². The Labute approximate surface area is 126 Å². The number of nitrogens with zero attached hydrogens (tertiary/aromatic N) is 2. The van der Waals surface area contributed by atoms with E-state index >= 15 is 0 Å². The van der Waals surface area contributed by atoms with Gasteiger partial charge in [0.05, 0.1) is 0 Å². The van der Waals surface area contributed by atoms with Crippen LogP contribution in [0.3, 0.4) is 0 Å². The van der Waals surface area contributed by atoms with Crippen LogP contribution in [0.5, 0.6) is 0 Å². The zero-order valence-corrected chi connectivity index (χ0v) is 13.0. The molecule has 3 rings (SSSR count). The highest BCUT2D eigenvalue weighted by molar-refractivity contribution is 5.34. The van der Waals surface area contributed by atoms with Gasteiger partial charge in [-0.25, -0.2) is 0 Å². The summed E-state index contributed by atoms with van der Waals surface area (Å²) in [6.45, 7) is 7.32. The van der Waals surface area contributed by atoms with Gasteiger partial charge in [0.25, 0.3) is 0 Å². The Kier molecular flexibility index (Phi) is 3.81. The zero-order chi connectivity index (χ0) is 14.9. The summed E-state index contributed by atoms with van der Waals surface area (Å²) in [6, 6.07) is 8.59. The van der Waals surface area contributed by atoms with Crippen LogP contribution in [0.1, 0.15) is 49.5 Å². The van der Waals surface area contributed by atoms with Crippen LogP contribution in [0.25, 0.3) is 0 Å². The van der Waals surface area contributed by atoms with Gasteiger partial charge in [0, 0.05) is 24.4 Å². The first kappa shape index (κ1) is 14.3.